The Morgan fingerprint density at radius 3 is 2.86 bits per heavy atom. The third-order valence-electron chi connectivity index (χ3n) is 3.03. The van der Waals surface area contributed by atoms with E-state index in [1.165, 1.54) is 23.6 Å². The van der Waals surface area contributed by atoms with Crippen molar-refractivity contribution in [3.8, 4) is 0 Å². The molecule has 0 fully saturated rings. The Kier molecular flexibility index (Phi) is 3.41. The van der Waals surface area contributed by atoms with E-state index in [-0.39, 0.29) is 5.56 Å². The molecule has 106 valence electrons. The number of carbonyl (C=O) groups is 1. The van der Waals surface area contributed by atoms with Crippen LogP contribution < -0.4 is 15.8 Å². The van der Waals surface area contributed by atoms with Gasteiger partial charge in [0.1, 0.15) is 5.56 Å². The lowest BCUT2D eigenvalue weighted by Gasteiger charge is -1.98. The van der Waals surface area contributed by atoms with Crippen LogP contribution in [-0.2, 0) is 7.05 Å². The van der Waals surface area contributed by atoms with Crippen molar-refractivity contribution in [3.05, 3.63) is 63.3 Å². The molecule has 0 saturated carbocycles. The molecule has 2 N–H and O–H groups in total. The minimum absolute atomic E-state index is 0.0324. The molecule has 0 aliphatic rings. The summed E-state index contributed by atoms with van der Waals surface area (Å²) < 4.78 is 2.96. The lowest BCUT2D eigenvalue weighted by Crippen LogP contribution is -2.28. The van der Waals surface area contributed by atoms with Gasteiger partial charge in [-0.15, -0.1) is 5.10 Å². The monoisotopic (exact) mass is 300 g/mol. The lowest BCUT2D eigenvalue weighted by atomic mass is 10.3. The molecule has 1 aromatic carbocycles. The molecular weight excluding hydrogens is 288 g/mol. The maximum absolute atomic E-state index is 11.9. The fourth-order valence-electron chi connectivity index (χ4n) is 1.95. The molecule has 0 atom stereocenters. The van der Waals surface area contributed by atoms with Gasteiger partial charge in [0, 0.05) is 13.2 Å². The van der Waals surface area contributed by atoms with Crippen LogP contribution in [0.15, 0.2) is 52.5 Å². The number of aromatic amines is 1. The molecule has 3 aromatic rings. The minimum Gasteiger partial charge on any atom is -0.328 e. The molecule has 0 unspecified atom stereocenters. The summed E-state index contributed by atoms with van der Waals surface area (Å²) in [6.45, 7) is 0. The Labute approximate surface area is 123 Å². The maximum Gasteiger partial charge on any atom is 0.277 e. The number of nitrogens with zero attached hydrogens (tertiary/aromatic N) is 2. The SMILES string of the molecule is Cn1/c(=N\NC(=O)c2ccc[nH]c2=O)sc2ccccc21. The Morgan fingerprint density at radius 2 is 2.10 bits per heavy atom. The van der Waals surface area contributed by atoms with Gasteiger partial charge < -0.3 is 9.55 Å². The fourth-order valence-corrected chi connectivity index (χ4v) is 2.93. The van der Waals surface area contributed by atoms with Crippen molar-refractivity contribution < 1.29 is 4.79 Å². The van der Waals surface area contributed by atoms with Crippen LogP contribution in [0.1, 0.15) is 10.4 Å². The summed E-state index contributed by atoms with van der Waals surface area (Å²) in [5, 5.41) is 4.09. The average Bonchev–Trinajstić information content (AvgIpc) is 2.82. The fraction of sp³-hybridized carbons (Fsp3) is 0.0714. The number of benzene rings is 1. The number of pyridine rings is 1. The molecule has 0 aliphatic carbocycles. The number of nitrogens with one attached hydrogen (secondary N) is 2. The van der Waals surface area contributed by atoms with Gasteiger partial charge in [-0.3, -0.25) is 9.59 Å². The molecule has 2 heterocycles. The van der Waals surface area contributed by atoms with Crippen LogP contribution in [0, 0.1) is 0 Å². The predicted molar refractivity (Wildman–Crippen MR) is 80.9 cm³/mol. The van der Waals surface area contributed by atoms with E-state index in [2.05, 4.69) is 15.5 Å². The van der Waals surface area contributed by atoms with E-state index in [0.717, 1.165) is 10.2 Å². The summed E-state index contributed by atoms with van der Waals surface area (Å²) in [7, 11) is 1.87. The van der Waals surface area contributed by atoms with Crippen molar-refractivity contribution in [3.63, 3.8) is 0 Å². The smallest absolute Gasteiger partial charge is 0.277 e. The number of para-hydroxylation sites is 1. The molecular formula is C14H12N4O2S. The van der Waals surface area contributed by atoms with Gasteiger partial charge in [0.15, 0.2) is 0 Å². The molecule has 3 rings (SSSR count). The number of hydrogen-bond donors (Lipinski definition) is 2. The topological polar surface area (TPSA) is 79.2 Å². The van der Waals surface area contributed by atoms with Crippen molar-refractivity contribution in [1.82, 2.24) is 15.0 Å². The van der Waals surface area contributed by atoms with Gasteiger partial charge in [-0.25, -0.2) is 5.43 Å². The normalized spacial score (nSPS) is 11.8. The number of aryl methyl sites for hydroxylation is 1. The van der Waals surface area contributed by atoms with Crippen molar-refractivity contribution in [2.45, 2.75) is 0 Å². The van der Waals surface area contributed by atoms with E-state index in [1.807, 2.05) is 35.9 Å². The van der Waals surface area contributed by atoms with Gasteiger partial charge in [-0.1, -0.05) is 23.5 Å². The molecule has 6 nitrogen and oxygen atoms in total. The molecule has 0 bridgehead atoms. The van der Waals surface area contributed by atoms with E-state index >= 15 is 0 Å². The third-order valence-corrected chi connectivity index (χ3v) is 4.14. The van der Waals surface area contributed by atoms with E-state index < -0.39 is 11.5 Å². The Morgan fingerprint density at radius 1 is 1.29 bits per heavy atom. The van der Waals surface area contributed by atoms with E-state index in [1.54, 1.807) is 6.07 Å². The quantitative estimate of drug-likeness (QED) is 0.697. The molecule has 0 aliphatic heterocycles. The van der Waals surface area contributed by atoms with Gasteiger partial charge >= 0.3 is 0 Å². The second-order valence-corrected chi connectivity index (χ2v) is 5.39. The average molecular weight is 300 g/mol. The highest BCUT2D eigenvalue weighted by molar-refractivity contribution is 7.16. The first-order chi connectivity index (χ1) is 10.2. The van der Waals surface area contributed by atoms with E-state index in [4.69, 9.17) is 0 Å². The van der Waals surface area contributed by atoms with Gasteiger partial charge in [0.05, 0.1) is 10.2 Å². The lowest BCUT2D eigenvalue weighted by molar-refractivity contribution is 0.0951. The Hall–Kier alpha value is -2.67. The largest absolute Gasteiger partial charge is 0.328 e. The third kappa shape index (κ3) is 2.50. The van der Waals surface area contributed by atoms with Gasteiger partial charge in [-0.05, 0) is 24.3 Å². The van der Waals surface area contributed by atoms with Crippen LogP contribution in [0.3, 0.4) is 0 Å². The molecule has 0 saturated heterocycles. The van der Waals surface area contributed by atoms with Crippen molar-refractivity contribution in [1.29, 1.82) is 0 Å². The van der Waals surface area contributed by atoms with Gasteiger partial charge in [-0.2, -0.15) is 0 Å². The number of thiazole rings is 1. The van der Waals surface area contributed by atoms with E-state index in [0.29, 0.717) is 4.80 Å². The van der Waals surface area contributed by atoms with Crippen LogP contribution in [0.5, 0.6) is 0 Å². The summed E-state index contributed by atoms with van der Waals surface area (Å²) in [5.74, 6) is -0.533. The number of rotatable bonds is 2. The van der Waals surface area contributed by atoms with Crippen LogP contribution in [-0.4, -0.2) is 15.5 Å². The zero-order chi connectivity index (χ0) is 14.8. The van der Waals surface area contributed by atoms with E-state index in [9.17, 15) is 9.59 Å². The number of aromatic nitrogens is 2. The summed E-state index contributed by atoms with van der Waals surface area (Å²) in [6, 6.07) is 10.9. The molecule has 7 heteroatoms. The first-order valence-corrected chi connectivity index (χ1v) is 7.05. The zero-order valence-corrected chi connectivity index (χ0v) is 12.0. The van der Waals surface area contributed by atoms with Crippen molar-refractivity contribution in [2.24, 2.45) is 12.1 Å². The highest BCUT2D eigenvalue weighted by Gasteiger charge is 2.08. The second kappa shape index (κ2) is 5.37. The van der Waals surface area contributed by atoms with Crippen LogP contribution in [0.25, 0.3) is 10.2 Å². The molecule has 1 amide bonds. The number of H-pyrrole nitrogens is 1. The standard InChI is InChI=1S/C14H12N4O2S/c1-18-10-6-2-3-7-11(10)21-14(18)17-16-13(20)9-5-4-8-15-12(9)19/h2-8H,1H3,(H,15,19)(H,16,20)/b17-14+. The summed E-state index contributed by atoms with van der Waals surface area (Å²) >= 11 is 1.46. The number of fused-ring (bicyclic) bond motifs is 1. The van der Waals surface area contributed by atoms with Crippen molar-refractivity contribution >= 4 is 27.5 Å². The van der Waals surface area contributed by atoms with Gasteiger partial charge in [0.25, 0.3) is 11.5 Å². The minimum atomic E-state index is -0.533. The highest BCUT2D eigenvalue weighted by atomic mass is 32.1. The Balaban J connectivity index is 1.95. The predicted octanol–water partition coefficient (Wildman–Crippen LogP) is 1.17. The zero-order valence-electron chi connectivity index (χ0n) is 11.2. The summed E-state index contributed by atoms with van der Waals surface area (Å²) in [5.41, 5.74) is 3.04. The summed E-state index contributed by atoms with van der Waals surface area (Å²) in [4.78, 5) is 26.6. The maximum atomic E-state index is 11.9. The Bertz CT molecular complexity index is 936. The molecule has 0 spiro atoms. The van der Waals surface area contributed by atoms with Crippen LogP contribution in [0.4, 0.5) is 0 Å². The molecule has 21 heavy (non-hydrogen) atoms. The summed E-state index contributed by atoms with van der Waals surface area (Å²) in [6.07, 6.45) is 1.47. The van der Waals surface area contributed by atoms with Crippen LogP contribution in [0.2, 0.25) is 0 Å². The highest BCUT2D eigenvalue weighted by Crippen LogP contribution is 2.14. The molecule has 0 radical (unpaired) electrons. The molecule has 2 aromatic heterocycles. The van der Waals surface area contributed by atoms with Crippen molar-refractivity contribution in [2.75, 3.05) is 0 Å². The first kappa shape index (κ1) is 13.3. The number of carbonyl (C=O) groups excluding carboxylic acids is 1. The number of amides is 1. The second-order valence-electron chi connectivity index (χ2n) is 4.38. The van der Waals surface area contributed by atoms with Gasteiger partial charge in [0.2, 0.25) is 4.80 Å². The number of hydrogen-bond acceptors (Lipinski definition) is 4. The first-order valence-electron chi connectivity index (χ1n) is 6.23. The van der Waals surface area contributed by atoms with Crippen LogP contribution >= 0.6 is 11.3 Å².